The molecule has 0 bridgehead atoms. The molecule has 1 heterocycles. The molecule has 0 fully saturated rings. The van der Waals surface area contributed by atoms with Crippen LogP contribution in [0.25, 0.3) is 10.9 Å². The van der Waals surface area contributed by atoms with Crippen molar-refractivity contribution in [2.45, 2.75) is 19.6 Å². The van der Waals surface area contributed by atoms with Crippen LogP contribution in [0.1, 0.15) is 16.7 Å². The van der Waals surface area contributed by atoms with Crippen LogP contribution in [0, 0.1) is 5.82 Å². The van der Waals surface area contributed by atoms with Gasteiger partial charge in [-0.05, 0) is 48.4 Å². The van der Waals surface area contributed by atoms with E-state index in [2.05, 4.69) is 34.7 Å². The van der Waals surface area contributed by atoms with Gasteiger partial charge in [0.15, 0.2) is 11.5 Å². The predicted molar refractivity (Wildman–Crippen MR) is 130 cm³/mol. The molecule has 4 aromatic rings. The van der Waals surface area contributed by atoms with E-state index in [-0.39, 0.29) is 24.8 Å². The summed E-state index contributed by atoms with van der Waals surface area (Å²) in [5.41, 5.74) is 3.89. The largest absolute Gasteiger partial charge is 0.493 e. The lowest BCUT2D eigenvalue weighted by molar-refractivity contribution is 0.279. The Balaban J connectivity index is 0.00000289. The second-order valence-corrected chi connectivity index (χ2v) is 7.68. The summed E-state index contributed by atoms with van der Waals surface area (Å²) in [4.78, 5) is 3.30. The average molecular weight is 475 g/mol. The number of H-pyrrole nitrogens is 1. The number of para-hydroxylation sites is 1. The van der Waals surface area contributed by atoms with Crippen LogP contribution in [-0.4, -0.2) is 18.6 Å². The number of hydrogen-bond acceptors (Lipinski definition) is 3. The van der Waals surface area contributed by atoms with Crippen molar-refractivity contribution in [2.75, 3.05) is 13.7 Å². The summed E-state index contributed by atoms with van der Waals surface area (Å²) in [5.74, 6) is 0.626. The topological polar surface area (TPSA) is 46.3 Å². The van der Waals surface area contributed by atoms with Gasteiger partial charge in [0, 0.05) is 29.2 Å². The second-order valence-electron chi connectivity index (χ2n) is 7.28. The molecule has 0 aliphatic heterocycles. The number of aromatic amines is 1. The molecule has 0 saturated heterocycles. The molecular formula is C25H25Cl2FN2O2. The molecular weight excluding hydrogens is 450 g/mol. The number of nitrogens with one attached hydrogen (secondary N) is 2. The number of ether oxygens (including phenoxy) is 2. The second kappa shape index (κ2) is 11.2. The Hall–Kier alpha value is -2.73. The lowest BCUT2D eigenvalue weighted by Crippen LogP contribution is -2.16. The summed E-state index contributed by atoms with van der Waals surface area (Å²) in [6.45, 7) is 1.55. The van der Waals surface area contributed by atoms with Crippen molar-refractivity contribution in [3.63, 3.8) is 0 Å². The van der Waals surface area contributed by atoms with E-state index in [1.165, 1.54) is 17.0 Å². The lowest BCUT2D eigenvalue weighted by atomic mass is 10.1. The highest BCUT2D eigenvalue weighted by Gasteiger charge is 2.13. The van der Waals surface area contributed by atoms with E-state index in [0.717, 1.165) is 24.0 Å². The summed E-state index contributed by atoms with van der Waals surface area (Å²) in [6, 6.07) is 18.5. The van der Waals surface area contributed by atoms with E-state index >= 15 is 0 Å². The molecule has 0 unspecified atom stereocenters. The lowest BCUT2D eigenvalue weighted by Gasteiger charge is -2.15. The van der Waals surface area contributed by atoms with Crippen molar-refractivity contribution in [1.82, 2.24) is 10.3 Å². The van der Waals surface area contributed by atoms with Gasteiger partial charge in [0.1, 0.15) is 12.4 Å². The van der Waals surface area contributed by atoms with Crippen molar-refractivity contribution >= 4 is 34.9 Å². The minimum Gasteiger partial charge on any atom is -0.493 e. The van der Waals surface area contributed by atoms with E-state index in [1.54, 1.807) is 25.3 Å². The Bertz CT molecular complexity index is 1180. The van der Waals surface area contributed by atoms with E-state index in [1.807, 2.05) is 18.2 Å². The first-order valence-electron chi connectivity index (χ1n) is 10.1. The minimum absolute atomic E-state index is 0. The summed E-state index contributed by atoms with van der Waals surface area (Å²) in [5, 5.41) is 5.14. The Labute approximate surface area is 198 Å². The number of halogens is 3. The van der Waals surface area contributed by atoms with Crippen LogP contribution in [0.3, 0.4) is 0 Å². The molecule has 2 N–H and O–H groups in total. The summed E-state index contributed by atoms with van der Waals surface area (Å²) >= 11 is 6.45. The normalized spacial score (nSPS) is 10.7. The van der Waals surface area contributed by atoms with Gasteiger partial charge in [-0.1, -0.05) is 48.0 Å². The minimum atomic E-state index is -0.311. The molecule has 32 heavy (non-hydrogen) atoms. The van der Waals surface area contributed by atoms with Crippen LogP contribution in [0.15, 0.2) is 66.9 Å². The third kappa shape index (κ3) is 5.54. The summed E-state index contributed by atoms with van der Waals surface area (Å²) in [6.07, 6.45) is 2.98. The van der Waals surface area contributed by atoms with Crippen LogP contribution < -0.4 is 14.8 Å². The Kier molecular flexibility index (Phi) is 8.39. The maximum atomic E-state index is 13.8. The molecule has 168 valence electrons. The van der Waals surface area contributed by atoms with Crippen molar-refractivity contribution in [3.8, 4) is 11.5 Å². The first kappa shape index (κ1) is 23.9. The van der Waals surface area contributed by atoms with Gasteiger partial charge in [-0.25, -0.2) is 4.39 Å². The fourth-order valence-electron chi connectivity index (χ4n) is 3.57. The monoisotopic (exact) mass is 474 g/mol. The smallest absolute Gasteiger partial charge is 0.180 e. The first-order chi connectivity index (χ1) is 15.2. The SMILES string of the molecule is COc1cc(CNCCc2c[nH]c3ccccc23)cc(Cl)c1OCc1ccccc1F.Cl. The molecule has 4 rings (SSSR count). The molecule has 3 aromatic carbocycles. The average Bonchev–Trinajstić information content (AvgIpc) is 3.20. The van der Waals surface area contributed by atoms with E-state index < -0.39 is 0 Å². The highest BCUT2D eigenvalue weighted by molar-refractivity contribution is 6.32. The number of methoxy groups -OCH3 is 1. The van der Waals surface area contributed by atoms with Gasteiger partial charge >= 0.3 is 0 Å². The maximum Gasteiger partial charge on any atom is 0.180 e. The van der Waals surface area contributed by atoms with Crippen LogP contribution in [0.5, 0.6) is 11.5 Å². The number of aromatic nitrogens is 1. The molecule has 0 spiro atoms. The molecule has 4 nitrogen and oxygen atoms in total. The van der Waals surface area contributed by atoms with E-state index in [0.29, 0.717) is 28.6 Å². The zero-order valence-corrected chi connectivity index (χ0v) is 19.2. The van der Waals surface area contributed by atoms with E-state index in [4.69, 9.17) is 21.1 Å². The Morgan fingerprint density at radius 2 is 1.81 bits per heavy atom. The van der Waals surface area contributed by atoms with Crippen molar-refractivity contribution in [1.29, 1.82) is 0 Å². The number of benzene rings is 3. The summed E-state index contributed by atoms with van der Waals surface area (Å²) in [7, 11) is 1.57. The Morgan fingerprint density at radius 1 is 1.03 bits per heavy atom. The van der Waals surface area contributed by atoms with Gasteiger partial charge in [0.05, 0.1) is 12.1 Å². The Morgan fingerprint density at radius 3 is 2.62 bits per heavy atom. The quantitative estimate of drug-likeness (QED) is 0.279. The fourth-order valence-corrected chi connectivity index (χ4v) is 3.86. The van der Waals surface area contributed by atoms with Crippen LogP contribution in [-0.2, 0) is 19.6 Å². The third-order valence-corrected chi connectivity index (χ3v) is 5.47. The van der Waals surface area contributed by atoms with Crippen molar-refractivity contribution in [3.05, 3.63) is 94.4 Å². The molecule has 0 saturated carbocycles. The number of fused-ring (bicyclic) bond motifs is 1. The molecule has 0 aliphatic carbocycles. The van der Waals surface area contributed by atoms with Gasteiger partial charge < -0.3 is 19.8 Å². The standard InChI is InChI=1S/C25H24ClFN2O2.ClH/c1-30-24-13-17(12-21(26)25(24)31-16-19-6-2-4-8-22(19)27)14-28-11-10-18-15-29-23-9-5-3-7-20(18)23;/h2-9,12-13,15,28-29H,10-11,14,16H2,1H3;1H. The van der Waals surface area contributed by atoms with Crippen molar-refractivity contribution < 1.29 is 13.9 Å². The van der Waals surface area contributed by atoms with Crippen molar-refractivity contribution in [2.24, 2.45) is 0 Å². The van der Waals surface area contributed by atoms with Crippen LogP contribution >= 0.6 is 24.0 Å². The van der Waals surface area contributed by atoms with Gasteiger partial charge in [0.2, 0.25) is 0 Å². The van der Waals surface area contributed by atoms with Crippen LogP contribution in [0.4, 0.5) is 4.39 Å². The molecule has 0 atom stereocenters. The van der Waals surface area contributed by atoms with Gasteiger partial charge in [-0.3, -0.25) is 0 Å². The molecule has 0 radical (unpaired) electrons. The van der Waals surface area contributed by atoms with Crippen LogP contribution in [0.2, 0.25) is 5.02 Å². The molecule has 7 heteroatoms. The third-order valence-electron chi connectivity index (χ3n) is 5.19. The highest BCUT2D eigenvalue weighted by atomic mass is 35.5. The molecule has 1 aromatic heterocycles. The zero-order chi connectivity index (χ0) is 21.6. The summed E-state index contributed by atoms with van der Waals surface area (Å²) < 4.78 is 25.1. The maximum absolute atomic E-state index is 13.8. The molecule has 0 amide bonds. The fraction of sp³-hybridized carbons (Fsp3) is 0.200. The predicted octanol–water partition coefficient (Wildman–Crippen LogP) is 6.30. The zero-order valence-electron chi connectivity index (χ0n) is 17.7. The number of hydrogen-bond donors (Lipinski definition) is 2. The number of rotatable bonds is 9. The van der Waals surface area contributed by atoms with Gasteiger partial charge in [-0.15, -0.1) is 12.4 Å². The van der Waals surface area contributed by atoms with Gasteiger partial charge in [-0.2, -0.15) is 0 Å². The van der Waals surface area contributed by atoms with Gasteiger partial charge in [0.25, 0.3) is 0 Å². The molecule has 0 aliphatic rings. The first-order valence-corrected chi connectivity index (χ1v) is 10.5. The van der Waals surface area contributed by atoms with E-state index in [9.17, 15) is 4.39 Å². The highest BCUT2D eigenvalue weighted by Crippen LogP contribution is 2.37.